The minimum Gasteiger partial charge on any atom is -0.497 e. The van der Waals surface area contributed by atoms with Crippen molar-refractivity contribution in [2.45, 2.75) is 77.6 Å². The van der Waals surface area contributed by atoms with Crippen LogP contribution in [0.15, 0.2) is 115 Å². The molecule has 0 aliphatic carbocycles. The molecular formula is C45H54NO8PSi. The minimum absolute atomic E-state index is 0.0133. The number of benzene rings is 4. The van der Waals surface area contributed by atoms with Crippen LogP contribution in [-0.4, -0.2) is 75.1 Å². The van der Waals surface area contributed by atoms with Crippen molar-refractivity contribution in [1.29, 1.82) is 0 Å². The van der Waals surface area contributed by atoms with Gasteiger partial charge < -0.3 is 28.3 Å². The minimum atomic E-state index is -3.21. The van der Waals surface area contributed by atoms with Gasteiger partial charge in [0.05, 0.1) is 44.5 Å². The summed E-state index contributed by atoms with van der Waals surface area (Å²) in [6, 6.07) is 36.6. The van der Waals surface area contributed by atoms with Crippen molar-refractivity contribution < 1.29 is 37.8 Å². The van der Waals surface area contributed by atoms with E-state index in [1.165, 1.54) is 6.92 Å². The number of β-lactam (4-membered cyclic amide) rings is 1. The molecule has 9 nitrogen and oxygen atoms in total. The third-order valence-corrected chi connectivity index (χ3v) is 20.2. The average molecular weight is 796 g/mol. The van der Waals surface area contributed by atoms with E-state index >= 15 is 9.59 Å². The number of carbonyl (C=O) groups is 3. The molecule has 0 unspecified atom stereocenters. The van der Waals surface area contributed by atoms with Crippen molar-refractivity contribution in [3.05, 3.63) is 121 Å². The molecule has 0 spiro atoms. The SMILES string of the molecule is COc1ccc(COC(=O)C(N2C(=O)[C@H]([C@@H](C)O[Si](C)(C)C(C)(C)C)[C@H]2[C@H](COC(C)=O)[C@@H]2CO2)=P(c2ccccc2)(c2ccccc2)c2ccccc2)cc1. The van der Waals surface area contributed by atoms with Crippen LogP contribution in [0.3, 0.4) is 0 Å². The van der Waals surface area contributed by atoms with Gasteiger partial charge in [-0.25, -0.2) is 4.79 Å². The second-order valence-electron chi connectivity index (χ2n) is 16.1. The van der Waals surface area contributed by atoms with Gasteiger partial charge in [0.1, 0.15) is 17.8 Å². The number of esters is 2. The Balaban J connectivity index is 1.64. The van der Waals surface area contributed by atoms with Crippen LogP contribution in [0.2, 0.25) is 18.1 Å². The highest BCUT2D eigenvalue weighted by molar-refractivity contribution is 7.96. The van der Waals surface area contributed by atoms with E-state index in [0.29, 0.717) is 12.4 Å². The van der Waals surface area contributed by atoms with Crippen LogP contribution < -0.4 is 20.7 Å². The van der Waals surface area contributed by atoms with E-state index in [-0.39, 0.29) is 35.7 Å². The highest BCUT2D eigenvalue weighted by atomic mass is 31.2. The van der Waals surface area contributed by atoms with Gasteiger partial charge in [0.2, 0.25) is 5.91 Å². The molecule has 1 amide bonds. The second kappa shape index (κ2) is 16.9. The van der Waals surface area contributed by atoms with Gasteiger partial charge in [-0.1, -0.05) is 124 Å². The third-order valence-electron chi connectivity index (χ3n) is 11.4. The second-order valence-corrected chi connectivity index (χ2v) is 24.1. The molecule has 4 aromatic rings. The van der Waals surface area contributed by atoms with E-state index in [4.69, 9.17) is 23.4 Å². The fourth-order valence-corrected chi connectivity index (χ4v) is 13.3. The molecule has 11 heteroatoms. The van der Waals surface area contributed by atoms with Gasteiger partial charge in [0, 0.05) is 19.7 Å². The number of nitrogens with zero attached hydrogens (tertiary/aromatic N) is 1. The monoisotopic (exact) mass is 795 g/mol. The van der Waals surface area contributed by atoms with Gasteiger partial charge in [-0.2, -0.15) is 0 Å². The van der Waals surface area contributed by atoms with Crippen LogP contribution in [0, 0.1) is 11.8 Å². The van der Waals surface area contributed by atoms with E-state index in [9.17, 15) is 4.79 Å². The summed E-state index contributed by atoms with van der Waals surface area (Å²) >= 11 is 0. The van der Waals surface area contributed by atoms with Crippen molar-refractivity contribution in [3.8, 4) is 5.75 Å². The summed E-state index contributed by atoms with van der Waals surface area (Å²) in [6.07, 6.45) is -0.787. The summed E-state index contributed by atoms with van der Waals surface area (Å²) < 4.78 is 30.3. The molecule has 0 bridgehead atoms. The molecule has 2 fully saturated rings. The number of amides is 1. The van der Waals surface area contributed by atoms with Crippen LogP contribution in [0.1, 0.15) is 40.2 Å². The summed E-state index contributed by atoms with van der Waals surface area (Å²) in [6.45, 7) is 11.4. The van der Waals surface area contributed by atoms with E-state index in [2.05, 4.69) is 33.9 Å². The number of rotatable bonds is 15. The maximum atomic E-state index is 15.5. The Hall–Kier alpha value is -4.47. The lowest BCUT2D eigenvalue weighted by molar-refractivity contribution is -0.164. The molecule has 4 aromatic carbocycles. The summed E-state index contributed by atoms with van der Waals surface area (Å²) in [4.78, 5) is 44.8. The van der Waals surface area contributed by atoms with E-state index in [1.807, 2.05) is 122 Å². The van der Waals surface area contributed by atoms with Crippen LogP contribution in [0.4, 0.5) is 0 Å². The Morgan fingerprint density at radius 1 is 0.839 bits per heavy atom. The third kappa shape index (κ3) is 8.30. The summed E-state index contributed by atoms with van der Waals surface area (Å²) in [7, 11) is -0.765. The van der Waals surface area contributed by atoms with Gasteiger partial charge in [-0.05, 0) is 58.7 Å². The topological polar surface area (TPSA) is 104 Å². The quantitative estimate of drug-likeness (QED) is 0.0432. The number of carbonyl (C=O) groups excluding carboxylic acids is 3. The molecule has 56 heavy (non-hydrogen) atoms. The number of ether oxygens (including phenoxy) is 4. The summed E-state index contributed by atoms with van der Waals surface area (Å²) in [5, 5.41) is 2.53. The normalized spacial score (nSPS) is 19.3. The molecular weight excluding hydrogens is 742 g/mol. The molecule has 6 rings (SSSR count). The largest absolute Gasteiger partial charge is 0.497 e. The van der Waals surface area contributed by atoms with Crippen molar-refractivity contribution in [3.63, 3.8) is 0 Å². The molecule has 296 valence electrons. The van der Waals surface area contributed by atoms with Gasteiger partial charge >= 0.3 is 11.9 Å². The first-order chi connectivity index (χ1) is 26.7. The maximum Gasteiger partial charge on any atom is 0.356 e. The zero-order valence-corrected chi connectivity index (χ0v) is 35.5. The standard InChI is InChI=1S/C45H54NO8PSi/c1-31(54-56(7,8)45(3,4)5)40-41(38(39-30-52-39)29-51-32(2)47)46(42(40)48)43(44(49)53-28-33-24-26-34(50-6)27-25-33)55(35-18-12-9-13-19-35,36-20-14-10-15-21-36)37-22-16-11-17-23-37/h9-27,31,38-41H,28-30H2,1-8H3/t31-,38-,39+,40-,41-/m1/s1. The number of hydrogen-bond donors (Lipinski definition) is 0. The first-order valence-corrected chi connectivity index (χ1v) is 23.9. The highest BCUT2D eigenvalue weighted by Gasteiger charge is 2.61. The molecule has 5 atom stereocenters. The Bertz CT molecular complexity index is 1940. The molecule has 0 radical (unpaired) electrons. The first kappa shape index (κ1) is 41.2. The molecule has 2 aliphatic heterocycles. The molecule has 0 N–H and O–H groups in total. The van der Waals surface area contributed by atoms with Crippen molar-refractivity contribution in [1.82, 2.24) is 4.90 Å². The molecule has 0 aromatic heterocycles. The fraction of sp³-hybridized carbons (Fsp3) is 0.378. The predicted octanol–water partition coefficient (Wildman–Crippen LogP) is 6.68. The zero-order chi connectivity index (χ0) is 40.3. The maximum absolute atomic E-state index is 15.5. The van der Waals surface area contributed by atoms with Crippen molar-refractivity contribution in [2.24, 2.45) is 11.8 Å². The lowest BCUT2D eigenvalue weighted by atomic mass is 9.75. The van der Waals surface area contributed by atoms with E-state index < -0.39 is 51.1 Å². The van der Waals surface area contributed by atoms with Gasteiger partial charge in [-0.3, -0.25) is 9.59 Å². The van der Waals surface area contributed by atoms with Gasteiger partial charge in [0.15, 0.2) is 8.32 Å². The van der Waals surface area contributed by atoms with Crippen molar-refractivity contribution >= 4 is 54.4 Å². The molecule has 2 heterocycles. The number of likely N-dealkylation sites (tertiary alicyclic amines) is 1. The fourth-order valence-electron chi connectivity index (χ4n) is 7.47. The Labute approximate surface area is 332 Å². The number of methoxy groups -OCH3 is 1. The van der Waals surface area contributed by atoms with E-state index in [1.54, 1.807) is 12.0 Å². The Morgan fingerprint density at radius 2 is 1.34 bits per heavy atom. The number of epoxide rings is 1. The van der Waals surface area contributed by atoms with Crippen molar-refractivity contribution in [2.75, 3.05) is 20.3 Å². The highest BCUT2D eigenvalue weighted by Crippen LogP contribution is 2.52. The average Bonchev–Trinajstić information content (AvgIpc) is 4.03. The van der Waals surface area contributed by atoms with Crippen LogP contribution in [0.25, 0.3) is 0 Å². The lowest BCUT2D eigenvalue weighted by Crippen LogP contribution is -2.72. The van der Waals surface area contributed by atoms with Crippen LogP contribution in [0.5, 0.6) is 5.75 Å². The molecule has 0 saturated carbocycles. The van der Waals surface area contributed by atoms with E-state index in [0.717, 1.165) is 21.5 Å². The Kier molecular flexibility index (Phi) is 12.5. The van der Waals surface area contributed by atoms with Gasteiger partial charge in [-0.15, -0.1) is 0 Å². The number of hydrogen-bond acceptors (Lipinski definition) is 8. The predicted molar refractivity (Wildman–Crippen MR) is 225 cm³/mol. The molecule has 2 saturated heterocycles. The first-order valence-electron chi connectivity index (χ1n) is 19.2. The Morgan fingerprint density at radius 3 is 1.77 bits per heavy atom. The van der Waals surface area contributed by atoms with Crippen LogP contribution >= 0.6 is 6.89 Å². The lowest BCUT2D eigenvalue weighted by Gasteiger charge is -2.55. The smallest absolute Gasteiger partial charge is 0.356 e. The zero-order valence-electron chi connectivity index (χ0n) is 33.6. The van der Waals surface area contributed by atoms with Gasteiger partial charge in [0.25, 0.3) is 0 Å². The summed E-state index contributed by atoms with van der Waals surface area (Å²) in [5.41, 5.74) is 1.02. The van der Waals surface area contributed by atoms with Crippen LogP contribution in [-0.2, 0) is 39.6 Å². The molecule has 2 aliphatic rings. The summed E-state index contributed by atoms with van der Waals surface area (Å²) in [5.74, 6) is -1.69.